The van der Waals surface area contributed by atoms with Gasteiger partial charge in [-0.3, -0.25) is 0 Å². The number of rotatable bonds is 2. The normalized spacial score (nSPS) is 26.1. The van der Waals surface area contributed by atoms with E-state index in [-0.39, 0.29) is 6.10 Å². The van der Waals surface area contributed by atoms with Gasteiger partial charge in [0.25, 0.3) is 0 Å². The molecule has 1 aromatic rings. The second-order valence-corrected chi connectivity index (χ2v) is 5.48. The lowest BCUT2D eigenvalue weighted by Crippen LogP contribution is -2.23. The molecular formula is C14H18OS. The molecule has 1 aromatic carbocycles. The molecule has 1 nitrogen and oxygen atoms in total. The fraction of sp³-hybridized carbons (Fsp3) is 0.429. The van der Waals surface area contributed by atoms with Gasteiger partial charge < -0.3 is 5.11 Å². The molecule has 0 fully saturated rings. The molecule has 2 atom stereocenters. The van der Waals surface area contributed by atoms with Crippen molar-refractivity contribution in [1.82, 2.24) is 0 Å². The molecule has 2 rings (SSSR count). The first-order valence-corrected chi connectivity index (χ1v) is 6.79. The van der Waals surface area contributed by atoms with Crippen LogP contribution in [-0.4, -0.2) is 16.5 Å². The molecule has 2 heteroatoms. The number of benzene rings is 1. The second kappa shape index (κ2) is 6.12. The molecule has 1 aliphatic rings. The third kappa shape index (κ3) is 3.39. The van der Waals surface area contributed by atoms with Crippen molar-refractivity contribution in [1.29, 1.82) is 0 Å². The van der Waals surface area contributed by atoms with Crippen molar-refractivity contribution < 1.29 is 5.11 Å². The summed E-state index contributed by atoms with van der Waals surface area (Å²) >= 11 is 1.81. The summed E-state index contributed by atoms with van der Waals surface area (Å²) in [5.41, 5.74) is 0. The number of aliphatic hydroxyl groups is 1. The maximum Gasteiger partial charge on any atom is 0.0665 e. The van der Waals surface area contributed by atoms with Crippen LogP contribution in [0.25, 0.3) is 0 Å². The fourth-order valence-corrected chi connectivity index (χ4v) is 3.16. The zero-order valence-corrected chi connectivity index (χ0v) is 10.2. The van der Waals surface area contributed by atoms with Gasteiger partial charge in [0.1, 0.15) is 0 Å². The Morgan fingerprint density at radius 3 is 2.44 bits per heavy atom. The number of thioether (sulfide) groups is 1. The van der Waals surface area contributed by atoms with Gasteiger partial charge in [-0.25, -0.2) is 0 Å². The average Bonchev–Trinajstić information content (AvgIpc) is 2.30. The third-order valence-electron chi connectivity index (χ3n) is 2.87. The molecule has 0 heterocycles. The Hall–Kier alpha value is -0.730. The minimum Gasteiger partial charge on any atom is -0.392 e. The summed E-state index contributed by atoms with van der Waals surface area (Å²) in [7, 11) is 0. The average molecular weight is 234 g/mol. The van der Waals surface area contributed by atoms with Crippen LogP contribution in [0, 0.1) is 0 Å². The largest absolute Gasteiger partial charge is 0.392 e. The van der Waals surface area contributed by atoms with Crippen LogP contribution >= 0.6 is 11.8 Å². The number of aliphatic hydroxyl groups excluding tert-OH is 1. The monoisotopic (exact) mass is 234 g/mol. The molecule has 0 aliphatic heterocycles. The molecule has 0 amide bonds. The number of hydrogen-bond acceptors (Lipinski definition) is 2. The lowest BCUT2D eigenvalue weighted by molar-refractivity contribution is 0.158. The maximum absolute atomic E-state index is 10.1. The molecule has 1 aliphatic carbocycles. The highest BCUT2D eigenvalue weighted by Crippen LogP contribution is 2.30. The Labute approximate surface area is 102 Å². The highest BCUT2D eigenvalue weighted by molar-refractivity contribution is 8.00. The van der Waals surface area contributed by atoms with Crippen LogP contribution in [0.15, 0.2) is 47.4 Å². The number of allylic oxidation sites excluding steroid dienone is 2. The van der Waals surface area contributed by atoms with E-state index in [1.807, 2.05) is 17.8 Å². The Balaban J connectivity index is 1.99. The van der Waals surface area contributed by atoms with Crippen molar-refractivity contribution in [2.24, 2.45) is 0 Å². The van der Waals surface area contributed by atoms with E-state index in [9.17, 15) is 5.11 Å². The van der Waals surface area contributed by atoms with Crippen LogP contribution < -0.4 is 0 Å². The minimum absolute atomic E-state index is 0.171. The molecule has 16 heavy (non-hydrogen) atoms. The third-order valence-corrected chi connectivity index (χ3v) is 4.27. The number of hydrogen-bond donors (Lipinski definition) is 1. The van der Waals surface area contributed by atoms with E-state index in [0.29, 0.717) is 5.25 Å². The molecule has 0 radical (unpaired) electrons. The summed E-state index contributed by atoms with van der Waals surface area (Å²) in [5, 5.41) is 10.4. The zero-order valence-electron chi connectivity index (χ0n) is 9.38. The SMILES string of the molecule is OC1CCC=CCC[C@H]1Sc1ccccc1. The van der Waals surface area contributed by atoms with E-state index in [4.69, 9.17) is 0 Å². The van der Waals surface area contributed by atoms with Crippen molar-refractivity contribution >= 4 is 11.8 Å². The molecule has 0 bridgehead atoms. The first kappa shape index (κ1) is 11.7. The predicted molar refractivity (Wildman–Crippen MR) is 69.7 cm³/mol. The van der Waals surface area contributed by atoms with E-state index in [0.717, 1.165) is 25.7 Å². The first-order valence-electron chi connectivity index (χ1n) is 5.91. The fourth-order valence-electron chi connectivity index (χ4n) is 1.95. The van der Waals surface area contributed by atoms with Crippen molar-refractivity contribution in [3.8, 4) is 0 Å². The molecule has 1 N–H and O–H groups in total. The Morgan fingerprint density at radius 2 is 1.69 bits per heavy atom. The van der Waals surface area contributed by atoms with E-state index in [1.54, 1.807) is 0 Å². The Morgan fingerprint density at radius 1 is 1.00 bits per heavy atom. The van der Waals surface area contributed by atoms with Crippen molar-refractivity contribution in [3.05, 3.63) is 42.5 Å². The van der Waals surface area contributed by atoms with E-state index >= 15 is 0 Å². The zero-order chi connectivity index (χ0) is 11.2. The van der Waals surface area contributed by atoms with Gasteiger partial charge in [-0.1, -0.05) is 30.4 Å². The van der Waals surface area contributed by atoms with Crippen LogP contribution in [0.1, 0.15) is 25.7 Å². The summed E-state index contributed by atoms with van der Waals surface area (Å²) < 4.78 is 0. The highest BCUT2D eigenvalue weighted by atomic mass is 32.2. The summed E-state index contributed by atoms with van der Waals surface area (Å²) in [6, 6.07) is 10.4. The maximum atomic E-state index is 10.1. The van der Waals surface area contributed by atoms with Crippen molar-refractivity contribution in [3.63, 3.8) is 0 Å². The van der Waals surface area contributed by atoms with Crippen molar-refractivity contribution in [2.75, 3.05) is 0 Å². The summed E-state index contributed by atoms with van der Waals surface area (Å²) in [6.07, 6.45) is 8.30. The topological polar surface area (TPSA) is 20.2 Å². The van der Waals surface area contributed by atoms with E-state index < -0.39 is 0 Å². The molecule has 0 spiro atoms. The van der Waals surface area contributed by atoms with Gasteiger partial charge in [-0.2, -0.15) is 0 Å². The van der Waals surface area contributed by atoms with Crippen molar-refractivity contribution in [2.45, 2.75) is 41.9 Å². The van der Waals surface area contributed by atoms with Gasteiger partial charge in [0.2, 0.25) is 0 Å². The Kier molecular flexibility index (Phi) is 4.49. The second-order valence-electron chi connectivity index (χ2n) is 4.16. The van der Waals surface area contributed by atoms with Gasteiger partial charge in [0.05, 0.1) is 6.10 Å². The molecule has 0 aromatic heterocycles. The molecule has 1 unspecified atom stereocenters. The van der Waals surface area contributed by atoms with Gasteiger partial charge >= 0.3 is 0 Å². The van der Waals surface area contributed by atoms with Gasteiger partial charge in [-0.15, -0.1) is 11.8 Å². The molecule has 0 saturated carbocycles. The molecule has 86 valence electrons. The minimum atomic E-state index is -0.171. The smallest absolute Gasteiger partial charge is 0.0665 e. The Bertz CT molecular complexity index is 334. The first-order chi connectivity index (χ1) is 7.86. The van der Waals surface area contributed by atoms with Crippen LogP contribution in [0.5, 0.6) is 0 Å². The quantitative estimate of drug-likeness (QED) is 0.788. The summed E-state index contributed by atoms with van der Waals surface area (Å²) in [4.78, 5) is 1.26. The summed E-state index contributed by atoms with van der Waals surface area (Å²) in [5.74, 6) is 0. The lowest BCUT2D eigenvalue weighted by atomic mass is 10.0. The van der Waals surface area contributed by atoms with Gasteiger partial charge in [-0.05, 0) is 37.8 Å². The lowest BCUT2D eigenvalue weighted by Gasteiger charge is -2.23. The summed E-state index contributed by atoms with van der Waals surface area (Å²) in [6.45, 7) is 0. The molecule has 0 saturated heterocycles. The van der Waals surface area contributed by atoms with Crippen LogP contribution in [0.2, 0.25) is 0 Å². The van der Waals surface area contributed by atoms with E-state index in [2.05, 4.69) is 36.4 Å². The van der Waals surface area contributed by atoms with Crippen LogP contribution in [0.3, 0.4) is 0 Å². The van der Waals surface area contributed by atoms with Gasteiger partial charge in [0, 0.05) is 10.1 Å². The predicted octanol–water partition coefficient (Wildman–Crippen LogP) is 3.64. The standard InChI is InChI=1S/C14H18OS/c15-13-10-6-1-2-7-11-14(13)16-12-8-4-3-5-9-12/h1-5,8-9,13-15H,6-7,10-11H2/t13?,14-/m1/s1. The van der Waals surface area contributed by atoms with Gasteiger partial charge in [0.15, 0.2) is 0 Å². The highest BCUT2D eigenvalue weighted by Gasteiger charge is 2.20. The van der Waals surface area contributed by atoms with E-state index in [1.165, 1.54) is 4.90 Å². The van der Waals surface area contributed by atoms with Crippen LogP contribution in [0.4, 0.5) is 0 Å². The van der Waals surface area contributed by atoms with Crippen LogP contribution in [-0.2, 0) is 0 Å². The molecular weight excluding hydrogens is 216 g/mol.